The van der Waals surface area contributed by atoms with Gasteiger partial charge in [0.2, 0.25) is 0 Å². The first-order chi connectivity index (χ1) is 14.8. The van der Waals surface area contributed by atoms with Crippen LogP contribution in [0.2, 0.25) is 0 Å². The fourth-order valence-corrected chi connectivity index (χ4v) is 4.07. The number of amides is 1. The number of pyridine rings is 1. The molecule has 1 atom stereocenters. The summed E-state index contributed by atoms with van der Waals surface area (Å²) in [5.74, 6) is 0.684. The standard InChI is InChI=1S/C25H22N4O/c30-25(22-17-19(12-13-26-22)16-18-6-2-1-3-7-18)28-21-11-10-20-8-4-5-9-23(20)29-15-14-27-24(21)29/h1-9,12-15,17,21H,10-11,16H2,(H,28,30). The molecular weight excluding hydrogens is 372 g/mol. The summed E-state index contributed by atoms with van der Waals surface area (Å²) in [5.41, 5.74) is 5.10. The number of nitrogens with zero attached hydrogens (tertiary/aromatic N) is 3. The SMILES string of the molecule is O=C(NC1CCc2ccccc2-n2ccnc21)c1cc(Cc2ccccc2)ccn1. The molecule has 0 spiro atoms. The van der Waals surface area contributed by atoms with Crippen LogP contribution in [0.4, 0.5) is 0 Å². The lowest BCUT2D eigenvalue weighted by Gasteiger charge is -2.17. The Morgan fingerprint density at radius 3 is 2.70 bits per heavy atom. The largest absolute Gasteiger partial charge is 0.341 e. The highest BCUT2D eigenvalue weighted by Gasteiger charge is 2.25. The number of aromatic nitrogens is 3. The first kappa shape index (κ1) is 18.3. The van der Waals surface area contributed by atoms with Crippen LogP contribution in [0.25, 0.3) is 5.69 Å². The molecular formula is C25H22N4O. The number of imidazole rings is 1. The Morgan fingerprint density at radius 1 is 0.967 bits per heavy atom. The molecule has 1 N–H and O–H groups in total. The summed E-state index contributed by atoms with van der Waals surface area (Å²) in [5, 5.41) is 3.16. The Labute approximate surface area is 175 Å². The van der Waals surface area contributed by atoms with Crippen molar-refractivity contribution < 1.29 is 4.79 Å². The van der Waals surface area contributed by atoms with Gasteiger partial charge < -0.3 is 9.88 Å². The molecule has 2 aromatic heterocycles. The van der Waals surface area contributed by atoms with E-state index in [2.05, 4.69) is 50.2 Å². The number of hydrogen-bond donors (Lipinski definition) is 1. The number of fused-ring (bicyclic) bond motifs is 3. The van der Waals surface area contributed by atoms with Crippen LogP contribution in [0.1, 0.15) is 45.5 Å². The number of carbonyl (C=O) groups is 1. The summed E-state index contributed by atoms with van der Waals surface area (Å²) < 4.78 is 2.08. The maximum atomic E-state index is 13.0. The molecule has 5 heteroatoms. The Kier molecular flexibility index (Phi) is 4.85. The molecule has 5 nitrogen and oxygen atoms in total. The van der Waals surface area contributed by atoms with Crippen molar-refractivity contribution in [3.63, 3.8) is 0 Å². The highest BCUT2D eigenvalue weighted by atomic mass is 16.1. The second kappa shape index (κ2) is 7.95. The van der Waals surface area contributed by atoms with Gasteiger partial charge in [-0.3, -0.25) is 9.78 Å². The molecule has 1 amide bonds. The van der Waals surface area contributed by atoms with Crippen LogP contribution in [-0.4, -0.2) is 20.4 Å². The van der Waals surface area contributed by atoms with Crippen LogP contribution in [0, 0.1) is 0 Å². The molecule has 5 rings (SSSR count). The quantitative estimate of drug-likeness (QED) is 0.562. The molecule has 1 aliphatic rings. The second-order valence-corrected chi connectivity index (χ2v) is 7.56. The van der Waals surface area contributed by atoms with Crippen LogP contribution in [0.15, 0.2) is 85.3 Å². The lowest BCUT2D eigenvalue weighted by atomic mass is 10.0. The van der Waals surface area contributed by atoms with Gasteiger partial charge in [0.15, 0.2) is 0 Å². The molecule has 148 valence electrons. The maximum Gasteiger partial charge on any atom is 0.270 e. The Balaban J connectivity index is 1.37. The molecule has 0 bridgehead atoms. The predicted octanol–water partition coefficient (Wildman–Crippen LogP) is 4.28. The van der Waals surface area contributed by atoms with Crippen molar-refractivity contribution in [2.75, 3.05) is 0 Å². The van der Waals surface area contributed by atoms with E-state index in [0.29, 0.717) is 5.69 Å². The van der Waals surface area contributed by atoms with Gasteiger partial charge in [0, 0.05) is 24.3 Å². The number of hydrogen-bond acceptors (Lipinski definition) is 3. The Morgan fingerprint density at radius 2 is 1.80 bits per heavy atom. The summed E-state index contributed by atoms with van der Waals surface area (Å²) in [6.45, 7) is 0. The fourth-order valence-electron chi connectivity index (χ4n) is 4.07. The monoisotopic (exact) mass is 394 g/mol. The third kappa shape index (κ3) is 3.62. The maximum absolute atomic E-state index is 13.0. The van der Waals surface area contributed by atoms with E-state index in [1.807, 2.05) is 42.6 Å². The molecule has 0 radical (unpaired) electrons. The van der Waals surface area contributed by atoms with Gasteiger partial charge in [-0.2, -0.15) is 0 Å². The lowest BCUT2D eigenvalue weighted by molar-refractivity contribution is 0.0927. The van der Waals surface area contributed by atoms with E-state index in [-0.39, 0.29) is 11.9 Å². The smallest absolute Gasteiger partial charge is 0.270 e. The summed E-state index contributed by atoms with van der Waals surface area (Å²) in [7, 11) is 0. The van der Waals surface area contributed by atoms with Gasteiger partial charge in [-0.05, 0) is 54.2 Å². The van der Waals surface area contributed by atoms with Gasteiger partial charge in [0.25, 0.3) is 5.91 Å². The molecule has 1 unspecified atom stereocenters. The van der Waals surface area contributed by atoms with Gasteiger partial charge in [0.1, 0.15) is 11.5 Å². The minimum Gasteiger partial charge on any atom is -0.341 e. The number of benzene rings is 2. The van der Waals surface area contributed by atoms with Crippen molar-refractivity contribution in [2.45, 2.75) is 25.3 Å². The number of aryl methyl sites for hydroxylation is 1. The van der Waals surface area contributed by atoms with Gasteiger partial charge in [-0.25, -0.2) is 4.98 Å². The highest BCUT2D eigenvalue weighted by molar-refractivity contribution is 5.92. The Bertz CT molecular complexity index is 1180. The molecule has 2 aromatic carbocycles. The highest BCUT2D eigenvalue weighted by Crippen LogP contribution is 2.28. The number of carbonyl (C=O) groups excluding carboxylic acids is 1. The van der Waals surface area contributed by atoms with Crippen LogP contribution < -0.4 is 5.32 Å². The minimum absolute atomic E-state index is 0.167. The third-order valence-corrected chi connectivity index (χ3v) is 5.55. The third-order valence-electron chi connectivity index (χ3n) is 5.55. The minimum atomic E-state index is -0.171. The Hall–Kier alpha value is -3.73. The van der Waals surface area contributed by atoms with Gasteiger partial charge >= 0.3 is 0 Å². The van der Waals surface area contributed by atoms with Crippen molar-refractivity contribution in [2.24, 2.45) is 0 Å². The zero-order chi connectivity index (χ0) is 20.3. The van der Waals surface area contributed by atoms with Crippen LogP contribution in [0.3, 0.4) is 0 Å². The van der Waals surface area contributed by atoms with Crippen LogP contribution in [0.5, 0.6) is 0 Å². The first-order valence-corrected chi connectivity index (χ1v) is 10.2. The van der Waals surface area contributed by atoms with E-state index in [4.69, 9.17) is 0 Å². The predicted molar refractivity (Wildman–Crippen MR) is 116 cm³/mol. The van der Waals surface area contributed by atoms with Crippen molar-refractivity contribution in [1.82, 2.24) is 19.9 Å². The zero-order valence-electron chi connectivity index (χ0n) is 16.5. The van der Waals surface area contributed by atoms with Crippen molar-refractivity contribution in [1.29, 1.82) is 0 Å². The normalized spacial score (nSPS) is 15.0. The average molecular weight is 394 g/mol. The molecule has 0 fully saturated rings. The van der Waals surface area contributed by atoms with Crippen molar-refractivity contribution >= 4 is 5.91 Å². The molecule has 4 aromatic rings. The van der Waals surface area contributed by atoms with Crippen molar-refractivity contribution in [3.05, 3.63) is 114 Å². The zero-order valence-corrected chi connectivity index (χ0v) is 16.5. The average Bonchev–Trinajstić information content (AvgIpc) is 3.22. The molecule has 30 heavy (non-hydrogen) atoms. The fraction of sp³-hybridized carbons (Fsp3) is 0.160. The van der Waals surface area contributed by atoms with E-state index in [9.17, 15) is 4.79 Å². The molecule has 1 aliphatic heterocycles. The van der Waals surface area contributed by atoms with E-state index < -0.39 is 0 Å². The summed E-state index contributed by atoms with van der Waals surface area (Å²) in [6.07, 6.45) is 7.89. The summed E-state index contributed by atoms with van der Waals surface area (Å²) in [4.78, 5) is 21.9. The van der Waals surface area contributed by atoms with Gasteiger partial charge in [-0.1, -0.05) is 48.5 Å². The van der Waals surface area contributed by atoms with Gasteiger partial charge in [-0.15, -0.1) is 0 Å². The van der Waals surface area contributed by atoms with Crippen LogP contribution >= 0.6 is 0 Å². The van der Waals surface area contributed by atoms with E-state index in [0.717, 1.165) is 36.3 Å². The lowest BCUT2D eigenvalue weighted by Crippen LogP contribution is -2.30. The van der Waals surface area contributed by atoms with E-state index in [1.54, 1.807) is 12.4 Å². The summed E-state index contributed by atoms with van der Waals surface area (Å²) >= 11 is 0. The molecule has 3 heterocycles. The molecule has 0 aliphatic carbocycles. The number of nitrogens with one attached hydrogen (secondary N) is 1. The van der Waals surface area contributed by atoms with E-state index in [1.165, 1.54) is 11.1 Å². The second-order valence-electron chi connectivity index (χ2n) is 7.56. The first-order valence-electron chi connectivity index (χ1n) is 10.2. The van der Waals surface area contributed by atoms with E-state index >= 15 is 0 Å². The summed E-state index contributed by atoms with van der Waals surface area (Å²) in [6, 6.07) is 22.2. The van der Waals surface area contributed by atoms with Crippen LogP contribution in [-0.2, 0) is 12.8 Å². The van der Waals surface area contributed by atoms with Crippen molar-refractivity contribution in [3.8, 4) is 5.69 Å². The molecule has 0 saturated carbocycles. The molecule has 0 saturated heterocycles. The van der Waals surface area contributed by atoms with Gasteiger partial charge in [0.05, 0.1) is 6.04 Å². The number of rotatable bonds is 4. The number of para-hydroxylation sites is 1. The topological polar surface area (TPSA) is 59.8 Å².